The third-order valence-electron chi connectivity index (χ3n) is 13.4. The molecule has 14 nitrogen and oxygen atoms in total. The molecule has 3 aliphatic heterocycles. The molecular weight excluding hydrogens is 802 g/mol. The molecule has 7 rings (SSSR count). The van der Waals surface area contributed by atoms with Gasteiger partial charge < -0.3 is 51.2 Å². The third-order valence-corrected chi connectivity index (χ3v) is 13.4. The highest BCUT2D eigenvalue weighted by Gasteiger charge is 2.39. The summed E-state index contributed by atoms with van der Waals surface area (Å²) >= 11 is 0. The fraction of sp³-hybridized carbons (Fsp3) is 0.438. The molecule has 15 heteroatoms. The number of amides is 3. The van der Waals surface area contributed by atoms with Crippen LogP contribution in [0.4, 0.5) is 10.1 Å². The van der Waals surface area contributed by atoms with Gasteiger partial charge in [-0.2, -0.15) is 0 Å². The van der Waals surface area contributed by atoms with Crippen LogP contribution in [0.15, 0.2) is 90.5 Å². The molecule has 3 aliphatic rings. The van der Waals surface area contributed by atoms with Crippen molar-refractivity contribution in [2.45, 2.75) is 69.2 Å². The van der Waals surface area contributed by atoms with Crippen LogP contribution in [0.5, 0.6) is 5.75 Å². The van der Waals surface area contributed by atoms with E-state index >= 15 is 4.39 Å². The van der Waals surface area contributed by atoms with Crippen LogP contribution in [0.1, 0.15) is 77.5 Å². The predicted molar refractivity (Wildman–Crippen MR) is 244 cm³/mol. The Morgan fingerprint density at radius 1 is 0.952 bits per heavy atom. The average molecular weight is 864 g/mol. The summed E-state index contributed by atoms with van der Waals surface area (Å²) in [5, 5.41) is 13.7. The smallest absolute Gasteiger partial charge is 0.253 e. The van der Waals surface area contributed by atoms with Crippen molar-refractivity contribution in [3.8, 4) is 5.75 Å². The Kier molecular flexibility index (Phi) is 14.0. The van der Waals surface area contributed by atoms with E-state index in [4.69, 9.17) is 21.9 Å². The maximum Gasteiger partial charge on any atom is 0.253 e. The number of halogens is 1. The largest absolute Gasteiger partial charge is 0.507 e. The van der Waals surface area contributed by atoms with Gasteiger partial charge in [-0.15, -0.1) is 0 Å². The first-order chi connectivity index (χ1) is 30.3. The fourth-order valence-corrected chi connectivity index (χ4v) is 9.76. The Morgan fingerprint density at radius 3 is 2.33 bits per heavy atom. The maximum atomic E-state index is 16.4. The molecule has 3 aromatic carbocycles. The quantitative estimate of drug-likeness (QED) is 0.0855. The van der Waals surface area contributed by atoms with Gasteiger partial charge in [0.25, 0.3) is 5.91 Å². The molecule has 8 N–H and O–H groups in total. The number of alkyl halides is 1. The summed E-state index contributed by atoms with van der Waals surface area (Å²) in [7, 11) is 3.65. The number of phenols is 1. The number of hydrogen-bond acceptors (Lipinski definition) is 11. The summed E-state index contributed by atoms with van der Waals surface area (Å²) < 4.78 is 24.7. The number of carbonyl (C=O) groups is 3. The van der Waals surface area contributed by atoms with Crippen LogP contribution in [-0.2, 0) is 14.3 Å². The summed E-state index contributed by atoms with van der Waals surface area (Å²) in [5.74, 6) is -0.272. The Morgan fingerprint density at radius 2 is 1.67 bits per heavy atom. The van der Waals surface area contributed by atoms with Crippen molar-refractivity contribution in [1.29, 1.82) is 0 Å². The van der Waals surface area contributed by atoms with Crippen LogP contribution in [-0.4, -0.2) is 121 Å². The number of phenolic OH excluding ortho intramolecular Hbond substituents is 1. The van der Waals surface area contributed by atoms with E-state index in [-0.39, 0.29) is 41.8 Å². The van der Waals surface area contributed by atoms with Crippen molar-refractivity contribution >= 4 is 40.5 Å². The third kappa shape index (κ3) is 10.1. The SMILES string of the molecule is CO[C@@H]1CCN(C(/C=C(\N)c2ccccc2O)=C(N)N)CC1c1ccc(C(=O)N2CCC(F)(CN3CCC(n4ccc5c(C)c(N(C)CCC(=O)NC=O)ccc54)CC3)CC2)cc1. The summed E-state index contributed by atoms with van der Waals surface area (Å²) in [6, 6.07) is 21.2. The van der Waals surface area contributed by atoms with Gasteiger partial charge in [-0.3, -0.25) is 19.7 Å². The molecule has 0 bridgehead atoms. The number of anilines is 1. The van der Waals surface area contributed by atoms with E-state index in [0.29, 0.717) is 93.5 Å². The molecule has 2 atom stereocenters. The molecule has 0 aliphatic carbocycles. The topological polar surface area (TPSA) is 189 Å². The average Bonchev–Trinajstić information content (AvgIpc) is 3.73. The normalized spacial score (nSPS) is 19.8. The number of likely N-dealkylation sites (tertiary alicyclic amines) is 3. The van der Waals surface area contributed by atoms with E-state index < -0.39 is 5.67 Å². The molecule has 0 radical (unpaired) electrons. The van der Waals surface area contributed by atoms with Gasteiger partial charge in [-0.1, -0.05) is 24.3 Å². The van der Waals surface area contributed by atoms with Crippen molar-refractivity contribution in [2.24, 2.45) is 17.2 Å². The highest BCUT2D eigenvalue weighted by atomic mass is 19.1. The Bertz CT molecular complexity index is 2330. The molecule has 3 fully saturated rings. The lowest BCUT2D eigenvalue weighted by Gasteiger charge is -2.41. The minimum atomic E-state index is -1.36. The first-order valence-corrected chi connectivity index (χ1v) is 21.9. The number of methoxy groups -OCH3 is 1. The zero-order valence-corrected chi connectivity index (χ0v) is 36.6. The van der Waals surface area contributed by atoms with Gasteiger partial charge in [0.05, 0.1) is 11.8 Å². The number of carbonyl (C=O) groups excluding carboxylic acids is 3. The Hall–Kier alpha value is -6.06. The van der Waals surface area contributed by atoms with Crippen LogP contribution in [0, 0.1) is 6.92 Å². The van der Waals surface area contributed by atoms with Gasteiger partial charge >= 0.3 is 0 Å². The molecule has 4 heterocycles. The number of nitrogens with one attached hydrogen (secondary N) is 1. The molecule has 0 spiro atoms. The lowest BCUT2D eigenvalue weighted by Crippen LogP contribution is -2.51. The number of benzene rings is 3. The van der Waals surface area contributed by atoms with Crippen LogP contribution in [0.25, 0.3) is 16.6 Å². The molecule has 0 saturated carbocycles. The number of ether oxygens (including phenoxy) is 1. The van der Waals surface area contributed by atoms with E-state index in [1.165, 1.54) is 0 Å². The predicted octanol–water partition coefficient (Wildman–Crippen LogP) is 4.93. The summed E-state index contributed by atoms with van der Waals surface area (Å²) in [5.41, 5.74) is 23.7. The molecule has 1 aromatic heterocycles. The zero-order valence-electron chi connectivity index (χ0n) is 36.6. The minimum Gasteiger partial charge on any atom is -0.507 e. The number of aromatic nitrogens is 1. The first-order valence-electron chi connectivity index (χ1n) is 21.9. The van der Waals surface area contributed by atoms with Crippen molar-refractivity contribution in [2.75, 3.05) is 71.4 Å². The molecular formula is C48H62FN9O5. The van der Waals surface area contributed by atoms with Crippen LogP contribution >= 0.6 is 0 Å². The molecule has 4 aromatic rings. The lowest BCUT2D eigenvalue weighted by atomic mass is 9.86. The number of allylic oxidation sites excluding steroid dienone is 1. The second-order valence-electron chi connectivity index (χ2n) is 17.4. The number of nitrogens with two attached hydrogens (primary N) is 3. The van der Waals surface area contributed by atoms with Gasteiger partial charge in [-0.05, 0) is 85.9 Å². The Balaban J connectivity index is 0.911. The standard InChI is InChI=1S/C48H62FN9O5/c1-32-36-16-25-58(41(36)13-12-40(32)54(2)21-18-45(61)53-31-59)35-14-22-55(23-15-35)30-48(49)19-26-56(27-20-48)47(62)34-10-8-33(9-11-34)38-29-57(24-17-44(38)63-3)42(46(51)52)28-39(50)37-6-4-5-7-43(37)60/h4-13,16,25,28,31,35,38,44,60H,14-15,17-24,26-27,29-30,50-52H2,1-3H3,(H,53,59,61)/b39-28-/t38?,44-/m1/s1. The molecule has 3 amide bonds. The second kappa shape index (κ2) is 19.5. The number of para-hydroxylation sites is 1. The fourth-order valence-electron chi connectivity index (χ4n) is 9.76. The molecule has 336 valence electrons. The number of aryl methyl sites for hydroxylation is 1. The van der Waals surface area contributed by atoms with E-state index in [1.807, 2.05) is 36.2 Å². The summed E-state index contributed by atoms with van der Waals surface area (Å²) in [4.78, 5) is 44.2. The maximum absolute atomic E-state index is 16.4. The monoisotopic (exact) mass is 863 g/mol. The minimum absolute atomic E-state index is 0.0498. The highest BCUT2D eigenvalue weighted by molar-refractivity contribution is 5.94. The summed E-state index contributed by atoms with van der Waals surface area (Å²) in [6.45, 7) is 6.47. The number of imide groups is 1. The highest BCUT2D eigenvalue weighted by Crippen LogP contribution is 2.36. The van der Waals surface area contributed by atoms with Crippen LogP contribution in [0.3, 0.4) is 0 Å². The second-order valence-corrected chi connectivity index (χ2v) is 17.4. The number of aromatic hydroxyl groups is 1. The van der Waals surface area contributed by atoms with E-state index in [2.05, 4.69) is 51.0 Å². The zero-order chi connectivity index (χ0) is 44.8. The van der Waals surface area contributed by atoms with Gasteiger partial charge in [0, 0.05) is 137 Å². The number of hydrogen-bond donors (Lipinski definition) is 5. The van der Waals surface area contributed by atoms with Gasteiger partial charge in [-0.25, -0.2) is 4.39 Å². The van der Waals surface area contributed by atoms with Crippen molar-refractivity contribution in [1.82, 2.24) is 24.6 Å². The van der Waals surface area contributed by atoms with E-state index in [0.717, 1.165) is 53.6 Å². The first kappa shape index (κ1) is 45.0. The molecule has 3 saturated heterocycles. The van der Waals surface area contributed by atoms with Crippen molar-refractivity contribution in [3.63, 3.8) is 0 Å². The molecule has 63 heavy (non-hydrogen) atoms. The number of fused-ring (bicyclic) bond motifs is 1. The van der Waals surface area contributed by atoms with Gasteiger partial charge in [0.15, 0.2) is 0 Å². The van der Waals surface area contributed by atoms with Crippen LogP contribution < -0.4 is 27.4 Å². The number of rotatable bonds is 14. The summed E-state index contributed by atoms with van der Waals surface area (Å²) in [6.07, 6.45) is 7.56. The number of piperidine rings is 3. The van der Waals surface area contributed by atoms with Crippen molar-refractivity contribution < 1.29 is 28.6 Å². The van der Waals surface area contributed by atoms with Gasteiger partial charge in [0.1, 0.15) is 17.2 Å². The van der Waals surface area contributed by atoms with Crippen molar-refractivity contribution in [3.05, 3.63) is 113 Å². The lowest BCUT2D eigenvalue weighted by molar-refractivity contribution is -0.125. The van der Waals surface area contributed by atoms with Crippen LogP contribution in [0.2, 0.25) is 0 Å². The van der Waals surface area contributed by atoms with Gasteiger partial charge in [0.2, 0.25) is 12.3 Å². The molecule has 1 unspecified atom stereocenters. The van der Waals surface area contributed by atoms with E-state index in [1.54, 1.807) is 42.4 Å². The Labute approximate surface area is 369 Å². The number of nitrogens with zero attached hydrogens (tertiary/aromatic N) is 5. The van der Waals surface area contributed by atoms with E-state index in [9.17, 15) is 19.5 Å².